The molecule has 1 aromatic carbocycles. The van der Waals surface area contributed by atoms with E-state index in [0.29, 0.717) is 18.4 Å². The van der Waals surface area contributed by atoms with Crippen LogP contribution in [0.15, 0.2) is 33.7 Å². The summed E-state index contributed by atoms with van der Waals surface area (Å²) < 4.78 is 46.6. The monoisotopic (exact) mass is 407 g/mol. The molecule has 1 N–H and O–H groups in total. The number of amides is 1. The molecule has 28 heavy (non-hydrogen) atoms. The molecule has 2 aromatic rings. The van der Waals surface area contributed by atoms with Gasteiger partial charge in [0.15, 0.2) is 10.7 Å². The SMILES string of the molecule is CNC(=O)C1CCN(S(=O)(=O)c2c(C)noc2/C=C/c2ccccc2F)CC1. The Morgan fingerprint density at radius 2 is 1.96 bits per heavy atom. The summed E-state index contributed by atoms with van der Waals surface area (Å²) in [6.45, 7) is 2.02. The number of sulfonamides is 1. The van der Waals surface area contributed by atoms with Crippen LogP contribution in [0.5, 0.6) is 0 Å². The lowest BCUT2D eigenvalue weighted by atomic mass is 9.97. The van der Waals surface area contributed by atoms with Crippen LogP contribution in [-0.4, -0.2) is 43.9 Å². The van der Waals surface area contributed by atoms with Crippen molar-refractivity contribution in [1.82, 2.24) is 14.8 Å². The second-order valence-corrected chi connectivity index (χ2v) is 8.48. The van der Waals surface area contributed by atoms with Gasteiger partial charge in [-0.1, -0.05) is 23.4 Å². The molecular formula is C19H22FN3O4S. The molecule has 0 aliphatic carbocycles. The number of hydrogen-bond acceptors (Lipinski definition) is 5. The standard InChI is InChI=1S/C19H22FN3O4S/c1-13-18(17(27-22-13)8-7-14-5-3-4-6-16(14)20)28(25,26)23-11-9-15(10-12-23)19(24)21-2/h3-8,15H,9-12H2,1-2H3,(H,21,24)/b8-7+. The predicted molar refractivity (Wildman–Crippen MR) is 102 cm³/mol. The molecule has 0 spiro atoms. The first-order valence-electron chi connectivity index (χ1n) is 8.95. The molecule has 3 rings (SSSR count). The summed E-state index contributed by atoms with van der Waals surface area (Å²) in [5.41, 5.74) is 0.549. The third-order valence-corrected chi connectivity index (χ3v) is 6.88. The summed E-state index contributed by atoms with van der Waals surface area (Å²) in [5, 5.41) is 6.38. The van der Waals surface area contributed by atoms with Crippen molar-refractivity contribution in [2.75, 3.05) is 20.1 Å². The number of carbonyl (C=O) groups is 1. The van der Waals surface area contributed by atoms with Crippen LogP contribution in [0.3, 0.4) is 0 Å². The third-order valence-electron chi connectivity index (χ3n) is 4.82. The Bertz CT molecular complexity index is 992. The van der Waals surface area contributed by atoms with Crippen molar-refractivity contribution in [3.8, 4) is 0 Å². The molecule has 7 nitrogen and oxygen atoms in total. The number of benzene rings is 1. The van der Waals surface area contributed by atoms with Gasteiger partial charge in [-0.2, -0.15) is 4.31 Å². The van der Waals surface area contributed by atoms with Gasteiger partial charge in [0.1, 0.15) is 11.5 Å². The number of piperidine rings is 1. The van der Waals surface area contributed by atoms with E-state index >= 15 is 0 Å². The van der Waals surface area contributed by atoms with E-state index < -0.39 is 15.8 Å². The Kier molecular flexibility index (Phi) is 5.95. The zero-order valence-corrected chi connectivity index (χ0v) is 16.5. The van der Waals surface area contributed by atoms with Gasteiger partial charge in [-0.3, -0.25) is 4.79 Å². The van der Waals surface area contributed by atoms with Crippen molar-refractivity contribution in [2.45, 2.75) is 24.7 Å². The lowest BCUT2D eigenvalue weighted by Gasteiger charge is -2.30. The molecule has 0 saturated carbocycles. The van der Waals surface area contributed by atoms with Gasteiger partial charge in [-0.25, -0.2) is 12.8 Å². The van der Waals surface area contributed by atoms with Crippen molar-refractivity contribution in [2.24, 2.45) is 5.92 Å². The first-order chi connectivity index (χ1) is 13.3. The van der Waals surface area contributed by atoms with Gasteiger partial charge >= 0.3 is 0 Å². The first kappa shape index (κ1) is 20.2. The van der Waals surface area contributed by atoms with E-state index in [1.54, 1.807) is 32.2 Å². The highest BCUT2D eigenvalue weighted by molar-refractivity contribution is 7.89. The maximum absolute atomic E-state index is 13.8. The Morgan fingerprint density at radius 1 is 1.29 bits per heavy atom. The fourth-order valence-electron chi connectivity index (χ4n) is 3.27. The number of aryl methyl sites for hydroxylation is 1. The maximum atomic E-state index is 13.8. The van der Waals surface area contributed by atoms with Crippen LogP contribution >= 0.6 is 0 Å². The highest BCUT2D eigenvalue weighted by atomic mass is 32.2. The second-order valence-electron chi connectivity index (χ2n) is 6.61. The average Bonchev–Trinajstić information content (AvgIpc) is 3.08. The minimum absolute atomic E-state index is 0.0292. The third kappa shape index (κ3) is 4.00. The zero-order chi connectivity index (χ0) is 20.3. The van der Waals surface area contributed by atoms with E-state index in [0.717, 1.165) is 0 Å². The van der Waals surface area contributed by atoms with Crippen LogP contribution in [0.25, 0.3) is 12.2 Å². The van der Waals surface area contributed by atoms with Gasteiger partial charge in [-0.05, 0) is 38.0 Å². The number of nitrogens with zero attached hydrogens (tertiary/aromatic N) is 2. The van der Waals surface area contributed by atoms with Crippen molar-refractivity contribution in [3.05, 3.63) is 47.1 Å². The maximum Gasteiger partial charge on any atom is 0.248 e. The van der Waals surface area contributed by atoms with E-state index in [-0.39, 0.29) is 41.3 Å². The molecule has 1 aliphatic heterocycles. The molecule has 9 heteroatoms. The summed E-state index contributed by atoms with van der Waals surface area (Å²) in [6, 6.07) is 6.15. The lowest BCUT2D eigenvalue weighted by Crippen LogP contribution is -2.42. The Balaban J connectivity index is 1.85. The number of nitrogens with one attached hydrogen (secondary N) is 1. The van der Waals surface area contributed by atoms with E-state index in [1.165, 1.54) is 22.5 Å². The van der Waals surface area contributed by atoms with Crippen molar-refractivity contribution < 1.29 is 22.1 Å². The molecular weight excluding hydrogens is 385 g/mol. The number of carbonyl (C=O) groups excluding carboxylic acids is 1. The lowest BCUT2D eigenvalue weighted by molar-refractivity contribution is -0.125. The molecule has 2 heterocycles. The zero-order valence-electron chi connectivity index (χ0n) is 15.7. The molecule has 1 aromatic heterocycles. The van der Waals surface area contributed by atoms with Gasteiger partial charge in [-0.15, -0.1) is 0 Å². The van der Waals surface area contributed by atoms with Crippen LogP contribution < -0.4 is 5.32 Å². The molecule has 0 radical (unpaired) electrons. The Labute approximate surface area is 163 Å². The molecule has 0 atom stereocenters. The molecule has 0 unspecified atom stereocenters. The number of hydrogen-bond donors (Lipinski definition) is 1. The molecule has 1 aliphatic rings. The van der Waals surface area contributed by atoms with Crippen LogP contribution in [0.2, 0.25) is 0 Å². The predicted octanol–water partition coefficient (Wildman–Crippen LogP) is 2.44. The van der Waals surface area contributed by atoms with Crippen molar-refractivity contribution >= 4 is 28.1 Å². The fourth-order valence-corrected chi connectivity index (χ4v) is 4.99. The molecule has 0 bridgehead atoms. The summed E-state index contributed by atoms with van der Waals surface area (Å²) in [7, 11) is -2.28. The van der Waals surface area contributed by atoms with E-state index in [9.17, 15) is 17.6 Å². The molecule has 1 fully saturated rings. The second kappa shape index (κ2) is 8.24. The Morgan fingerprint density at radius 3 is 2.61 bits per heavy atom. The minimum Gasteiger partial charge on any atom is -0.359 e. The molecule has 1 amide bonds. The fraction of sp³-hybridized carbons (Fsp3) is 0.368. The highest BCUT2D eigenvalue weighted by Crippen LogP contribution is 2.29. The number of rotatable bonds is 5. The van der Waals surface area contributed by atoms with Gasteiger partial charge in [0.25, 0.3) is 0 Å². The summed E-state index contributed by atoms with van der Waals surface area (Å²) in [5.74, 6) is -0.642. The van der Waals surface area contributed by atoms with Crippen LogP contribution in [0.1, 0.15) is 29.9 Å². The van der Waals surface area contributed by atoms with E-state index in [1.807, 2.05) is 0 Å². The Hall–Kier alpha value is -2.52. The van der Waals surface area contributed by atoms with Crippen molar-refractivity contribution in [1.29, 1.82) is 0 Å². The van der Waals surface area contributed by atoms with Gasteiger partial charge in [0.2, 0.25) is 15.9 Å². The summed E-state index contributed by atoms with van der Waals surface area (Å²) >= 11 is 0. The minimum atomic E-state index is -3.85. The van der Waals surface area contributed by atoms with E-state index in [2.05, 4.69) is 10.5 Å². The van der Waals surface area contributed by atoms with Gasteiger partial charge in [0, 0.05) is 31.6 Å². The highest BCUT2D eigenvalue weighted by Gasteiger charge is 2.35. The van der Waals surface area contributed by atoms with Gasteiger partial charge in [0.05, 0.1) is 0 Å². The van der Waals surface area contributed by atoms with Gasteiger partial charge < -0.3 is 9.84 Å². The number of aromatic nitrogens is 1. The van der Waals surface area contributed by atoms with Crippen LogP contribution in [0.4, 0.5) is 4.39 Å². The topological polar surface area (TPSA) is 92.5 Å². The van der Waals surface area contributed by atoms with Crippen LogP contribution in [0, 0.1) is 18.7 Å². The summed E-state index contributed by atoms with van der Waals surface area (Å²) in [6.07, 6.45) is 3.75. The number of halogens is 1. The first-order valence-corrected chi connectivity index (χ1v) is 10.4. The largest absolute Gasteiger partial charge is 0.359 e. The van der Waals surface area contributed by atoms with E-state index in [4.69, 9.17) is 4.52 Å². The molecule has 150 valence electrons. The smallest absolute Gasteiger partial charge is 0.248 e. The van der Waals surface area contributed by atoms with Crippen molar-refractivity contribution in [3.63, 3.8) is 0 Å². The summed E-state index contributed by atoms with van der Waals surface area (Å²) in [4.78, 5) is 11.7. The van der Waals surface area contributed by atoms with Crippen LogP contribution in [-0.2, 0) is 14.8 Å². The average molecular weight is 407 g/mol. The molecule has 1 saturated heterocycles. The quantitative estimate of drug-likeness (QED) is 0.822. The normalized spacial score (nSPS) is 16.5.